The number of aromatic nitrogens is 3. The fourth-order valence-corrected chi connectivity index (χ4v) is 3.04. The highest BCUT2D eigenvalue weighted by Crippen LogP contribution is 2.26. The Bertz CT molecular complexity index is 970. The van der Waals surface area contributed by atoms with Gasteiger partial charge in [-0.2, -0.15) is 0 Å². The maximum Gasteiger partial charge on any atom is 0.215 e. The van der Waals surface area contributed by atoms with E-state index >= 15 is 0 Å². The molecule has 0 saturated carbocycles. The smallest absolute Gasteiger partial charge is 0.215 e. The van der Waals surface area contributed by atoms with Gasteiger partial charge in [-0.05, 0) is 42.8 Å². The van der Waals surface area contributed by atoms with Gasteiger partial charge in [-0.3, -0.25) is 4.40 Å². The average Bonchev–Trinajstić information content (AvgIpc) is 3.12. The second-order valence-corrected chi connectivity index (χ2v) is 5.80. The molecule has 4 aromatic rings. The molecule has 2 aromatic carbocycles. The molecule has 0 bridgehead atoms. The molecule has 0 spiro atoms. The van der Waals surface area contributed by atoms with Gasteiger partial charge in [0.05, 0.1) is 16.7 Å². The largest absolute Gasteiger partial charge is 0.310 e. The molecular weight excluding hydrogens is 325 g/mol. The SMILES string of the molecule is CCCCn1c2ccccc2n2cc(-c3ccc(F)cc3)nc12.Cl. The summed E-state index contributed by atoms with van der Waals surface area (Å²) in [5.74, 6) is 0.717. The van der Waals surface area contributed by atoms with Gasteiger partial charge in [0, 0.05) is 18.3 Å². The maximum absolute atomic E-state index is 13.1. The Kier molecular flexibility index (Phi) is 4.58. The molecule has 0 N–H and O–H groups in total. The molecule has 2 heterocycles. The first kappa shape index (κ1) is 16.5. The summed E-state index contributed by atoms with van der Waals surface area (Å²) in [4.78, 5) is 4.81. The lowest BCUT2D eigenvalue weighted by Gasteiger charge is -2.03. The monoisotopic (exact) mass is 343 g/mol. The van der Waals surface area contributed by atoms with Gasteiger partial charge in [-0.25, -0.2) is 9.37 Å². The van der Waals surface area contributed by atoms with Gasteiger partial charge in [0.1, 0.15) is 5.82 Å². The van der Waals surface area contributed by atoms with Gasteiger partial charge < -0.3 is 4.57 Å². The molecule has 24 heavy (non-hydrogen) atoms. The van der Waals surface area contributed by atoms with Crippen LogP contribution in [0, 0.1) is 5.82 Å². The second-order valence-electron chi connectivity index (χ2n) is 5.80. The zero-order chi connectivity index (χ0) is 15.8. The van der Waals surface area contributed by atoms with Crippen molar-refractivity contribution in [3.8, 4) is 11.3 Å². The molecule has 0 aliphatic rings. The lowest BCUT2D eigenvalue weighted by atomic mass is 10.2. The summed E-state index contributed by atoms with van der Waals surface area (Å²) >= 11 is 0. The predicted octanol–water partition coefficient (Wildman–Crippen LogP) is 5.32. The Morgan fingerprint density at radius 3 is 2.42 bits per heavy atom. The maximum atomic E-state index is 13.1. The van der Waals surface area contributed by atoms with Gasteiger partial charge in [0.2, 0.25) is 5.78 Å². The van der Waals surface area contributed by atoms with E-state index in [1.54, 1.807) is 12.1 Å². The molecule has 124 valence electrons. The number of aryl methyl sites for hydroxylation is 1. The molecule has 3 nitrogen and oxygen atoms in total. The summed E-state index contributed by atoms with van der Waals surface area (Å²) in [5.41, 5.74) is 4.16. The van der Waals surface area contributed by atoms with E-state index in [2.05, 4.69) is 34.1 Å². The van der Waals surface area contributed by atoms with Crippen LogP contribution in [0.1, 0.15) is 19.8 Å². The summed E-state index contributed by atoms with van der Waals surface area (Å²) in [5, 5.41) is 0. The summed E-state index contributed by atoms with van der Waals surface area (Å²) in [6.45, 7) is 3.14. The lowest BCUT2D eigenvalue weighted by Crippen LogP contribution is -1.98. The van der Waals surface area contributed by atoms with Crippen LogP contribution >= 0.6 is 12.4 Å². The number of fused-ring (bicyclic) bond motifs is 3. The van der Waals surface area contributed by atoms with Crippen molar-refractivity contribution in [2.24, 2.45) is 0 Å². The number of halogens is 2. The van der Waals surface area contributed by atoms with Crippen molar-refractivity contribution >= 4 is 29.2 Å². The quantitative estimate of drug-likeness (QED) is 0.491. The normalized spacial score (nSPS) is 11.1. The molecule has 5 heteroatoms. The second kappa shape index (κ2) is 6.65. The number of unbranched alkanes of at least 4 members (excludes halogenated alkanes) is 1. The first-order chi connectivity index (χ1) is 11.3. The Morgan fingerprint density at radius 2 is 1.71 bits per heavy atom. The van der Waals surface area contributed by atoms with E-state index in [-0.39, 0.29) is 18.2 Å². The Labute approximate surface area is 146 Å². The third-order valence-corrected chi connectivity index (χ3v) is 4.24. The van der Waals surface area contributed by atoms with E-state index in [4.69, 9.17) is 4.98 Å². The van der Waals surface area contributed by atoms with Crippen LogP contribution in [0.25, 0.3) is 28.1 Å². The van der Waals surface area contributed by atoms with Gasteiger partial charge in [0.25, 0.3) is 0 Å². The topological polar surface area (TPSA) is 22.2 Å². The van der Waals surface area contributed by atoms with Gasteiger partial charge in [0.15, 0.2) is 0 Å². The summed E-state index contributed by atoms with van der Waals surface area (Å²) in [6.07, 6.45) is 4.30. The summed E-state index contributed by atoms with van der Waals surface area (Å²) in [7, 11) is 0. The summed E-state index contributed by atoms with van der Waals surface area (Å²) < 4.78 is 17.5. The number of benzene rings is 2. The molecule has 0 amide bonds. The van der Waals surface area contributed by atoms with Crippen LogP contribution in [0.5, 0.6) is 0 Å². The van der Waals surface area contributed by atoms with E-state index < -0.39 is 0 Å². The first-order valence-corrected chi connectivity index (χ1v) is 8.00. The lowest BCUT2D eigenvalue weighted by molar-refractivity contribution is 0.628. The van der Waals surface area contributed by atoms with Crippen LogP contribution in [-0.2, 0) is 6.54 Å². The van der Waals surface area contributed by atoms with Gasteiger partial charge in [-0.15, -0.1) is 12.4 Å². The molecule has 0 aliphatic carbocycles. The average molecular weight is 344 g/mol. The van der Waals surface area contributed by atoms with E-state index in [1.165, 1.54) is 17.6 Å². The van der Waals surface area contributed by atoms with Crippen molar-refractivity contribution in [2.45, 2.75) is 26.3 Å². The summed E-state index contributed by atoms with van der Waals surface area (Å²) in [6, 6.07) is 14.9. The number of hydrogen-bond acceptors (Lipinski definition) is 1. The number of para-hydroxylation sites is 2. The Morgan fingerprint density at radius 1 is 1.00 bits per heavy atom. The van der Waals surface area contributed by atoms with Gasteiger partial charge >= 0.3 is 0 Å². The molecule has 0 saturated heterocycles. The number of imidazole rings is 2. The van der Waals surface area contributed by atoms with E-state index in [1.807, 2.05) is 12.3 Å². The minimum absolute atomic E-state index is 0. The molecule has 0 atom stereocenters. The third kappa shape index (κ3) is 2.67. The predicted molar refractivity (Wildman–Crippen MR) is 98.2 cm³/mol. The molecular formula is C19H19ClFN3. The van der Waals surface area contributed by atoms with Crippen molar-refractivity contribution in [3.63, 3.8) is 0 Å². The number of rotatable bonds is 4. The van der Waals surface area contributed by atoms with E-state index in [0.29, 0.717) is 0 Å². The molecule has 2 aromatic heterocycles. The van der Waals surface area contributed by atoms with Crippen LogP contribution in [0.2, 0.25) is 0 Å². The van der Waals surface area contributed by atoms with Crippen molar-refractivity contribution in [1.82, 2.24) is 14.0 Å². The van der Waals surface area contributed by atoms with E-state index in [9.17, 15) is 4.39 Å². The highest BCUT2D eigenvalue weighted by molar-refractivity contribution is 5.85. The van der Waals surface area contributed by atoms with Crippen LogP contribution in [0.3, 0.4) is 0 Å². The Balaban J connectivity index is 0.00000169. The molecule has 0 radical (unpaired) electrons. The number of nitrogens with zero attached hydrogens (tertiary/aromatic N) is 3. The van der Waals surface area contributed by atoms with Crippen molar-refractivity contribution < 1.29 is 4.39 Å². The zero-order valence-corrected chi connectivity index (χ0v) is 14.3. The molecule has 0 unspecified atom stereocenters. The van der Waals surface area contributed by atoms with Crippen LogP contribution in [0.15, 0.2) is 54.7 Å². The van der Waals surface area contributed by atoms with Crippen LogP contribution in [-0.4, -0.2) is 14.0 Å². The molecule has 0 aliphatic heterocycles. The van der Waals surface area contributed by atoms with Crippen molar-refractivity contribution in [3.05, 3.63) is 60.5 Å². The Hall–Kier alpha value is -2.33. The minimum Gasteiger partial charge on any atom is -0.310 e. The molecule has 0 fully saturated rings. The van der Waals surface area contributed by atoms with Crippen molar-refractivity contribution in [1.29, 1.82) is 0 Å². The van der Waals surface area contributed by atoms with Gasteiger partial charge in [-0.1, -0.05) is 25.5 Å². The third-order valence-electron chi connectivity index (χ3n) is 4.24. The first-order valence-electron chi connectivity index (χ1n) is 8.00. The fraction of sp³-hybridized carbons (Fsp3) is 0.211. The molecule has 4 rings (SSSR count). The van der Waals surface area contributed by atoms with Crippen LogP contribution in [0.4, 0.5) is 4.39 Å². The highest BCUT2D eigenvalue weighted by atomic mass is 35.5. The fourth-order valence-electron chi connectivity index (χ4n) is 3.04. The number of hydrogen-bond donors (Lipinski definition) is 0. The highest BCUT2D eigenvalue weighted by Gasteiger charge is 2.14. The van der Waals surface area contributed by atoms with Crippen molar-refractivity contribution in [2.75, 3.05) is 0 Å². The van der Waals surface area contributed by atoms with Crippen LogP contribution < -0.4 is 0 Å². The zero-order valence-electron chi connectivity index (χ0n) is 13.4. The van der Waals surface area contributed by atoms with E-state index in [0.717, 1.165) is 41.9 Å². The minimum atomic E-state index is -0.226. The standard InChI is InChI=1S/C19H18FN3.ClH/c1-2-3-12-22-17-6-4-5-7-18(17)23-13-16(21-19(22)23)14-8-10-15(20)11-9-14;/h4-11,13H,2-3,12H2,1H3;1H.